The lowest BCUT2D eigenvalue weighted by molar-refractivity contribution is 0.0929. The van der Waals surface area contributed by atoms with Crippen LogP contribution in [0.2, 0.25) is 0 Å². The van der Waals surface area contributed by atoms with Gasteiger partial charge in [-0.15, -0.1) is 0 Å². The van der Waals surface area contributed by atoms with Gasteiger partial charge in [-0.3, -0.25) is 4.79 Å². The summed E-state index contributed by atoms with van der Waals surface area (Å²) in [7, 11) is 0. The van der Waals surface area contributed by atoms with E-state index < -0.39 is 5.91 Å². The highest BCUT2D eigenvalue weighted by atomic mass is 16.5. The van der Waals surface area contributed by atoms with Crippen molar-refractivity contribution < 1.29 is 13.9 Å². The molecule has 0 unspecified atom stereocenters. The number of aryl methyl sites for hydroxylation is 1. The number of benzene rings is 2. The van der Waals surface area contributed by atoms with Crippen LogP contribution >= 0.6 is 0 Å². The molecule has 3 aromatic rings. The highest BCUT2D eigenvalue weighted by molar-refractivity contribution is 5.99. The number of rotatable bonds is 6. The summed E-state index contributed by atoms with van der Waals surface area (Å²) in [5.41, 5.74) is 4.72. The lowest BCUT2D eigenvalue weighted by Gasteiger charge is -2.06. The Morgan fingerprint density at radius 1 is 1.24 bits per heavy atom. The Kier molecular flexibility index (Phi) is 4.95. The zero-order valence-electron chi connectivity index (χ0n) is 13.9. The molecule has 0 spiro atoms. The van der Waals surface area contributed by atoms with E-state index in [0.29, 0.717) is 17.9 Å². The molecule has 3 rings (SSSR count). The summed E-state index contributed by atoms with van der Waals surface area (Å²) in [6, 6.07) is 14.9. The Bertz CT molecular complexity index is 941. The van der Waals surface area contributed by atoms with E-state index in [-0.39, 0.29) is 5.76 Å². The number of para-hydroxylation sites is 2. The molecule has 126 valence electrons. The number of carbonyl (C=O) groups is 1. The molecule has 0 radical (unpaired) electrons. The maximum Gasteiger partial charge on any atom is 0.307 e. The lowest BCUT2D eigenvalue weighted by atomic mass is 10.1. The molecule has 0 aliphatic carbocycles. The number of carbonyl (C=O) groups excluding carboxylic acids is 1. The van der Waals surface area contributed by atoms with E-state index in [1.165, 1.54) is 6.21 Å². The van der Waals surface area contributed by atoms with E-state index in [1.807, 2.05) is 55.5 Å². The van der Waals surface area contributed by atoms with Gasteiger partial charge in [-0.05, 0) is 25.1 Å². The molecular formula is C20H18N2O3. The predicted octanol–water partition coefficient (Wildman–Crippen LogP) is 4.07. The minimum atomic E-state index is -0.394. The first-order chi connectivity index (χ1) is 12.2. The van der Waals surface area contributed by atoms with E-state index in [2.05, 4.69) is 17.1 Å². The zero-order chi connectivity index (χ0) is 17.6. The number of furan rings is 1. The van der Waals surface area contributed by atoms with Crippen molar-refractivity contribution in [1.82, 2.24) is 5.43 Å². The molecule has 2 aromatic carbocycles. The molecule has 0 bridgehead atoms. The molecule has 0 saturated heterocycles. The molecule has 0 saturated carbocycles. The van der Waals surface area contributed by atoms with Crippen LogP contribution in [-0.2, 0) is 0 Å². The number of nitrogens with zero attached hydrogens (tertiary/aromatic N) is 1. The van der Waals surface area contributed by atoms with Gasteiger partial charge in [0.25, 0.3) is 0 Å². The summed E-state index contributed by atoms with van der Waals surface area (Å²) >= 11 is 0. The SMILES string of the molecule is C=CCOc1ccccc1/C=N\NC(=O)c1oc2ccccc2c1C. The fourth-order valence-corrected chi connectivity index (χ4v) is 2.47. The highest BCUT2D eigenvalue weighted by Gasteiger charge is 2.16. The Balaban J connectivity index is 1.74. The molecule has 25 heavy (non-hydrogen) atoms. The van der Waals surface area contributed by atoms with Crippen molar-refractivity contribution in [1.29, 1.82) is 0 Å². The monoisotopic (exact) mass is 334 g/mol. The number of hydrogen-bond acceptors (Lipinski definition) is 4. The van der Waals surface area contributed by atoms with Gasteiger partial charge < -0.3 is 9.15 Å². The summed E-state index contributed by atoms with van der Waals surface area (Å²) in [5, 5.41) is 4.92. The largest absolute Gasteiger partial charge is 0.489 e. The topological polar surface area (TPSA) is 63.8 Å². The molecule has 1 aromatic heterocycles. The number of fused-ring (bicyclic) bond motifs is 1. The van der Waals surface area contributed by atoms with Crippen LogP contribution in [0.3, 0.4) is 0 Å². The average molecular weight is 334 g/mol. The summed E-state index contributed by atoms with van der Waals surface area (Å²) in [6.45, 7) is 5.87. The number of hydrazone groups is 1. The van der Waals surface area contributed by atoms with Crippen LogP contribution in [-0.4, -0.2) is 18.7 Å². The van der Waals surface area contributed by atoms with Gasteiger partial charge in [0, 0.05) is 16.5 Å². The molecule has 0 aliphatic heterocycles. The maximum absolute atomic E-state index is 12.3. The van der Waals surface area contributed by atoms with Crippen LogP contribution in [0.15, 0.2) is 70.7 Å². The fraction of sp³-hybridized carbons (Fsp3) is 0.100. The predicted molar refractivity (Wildman–Crippen MR) is 98.1 cm³/mol. The molecule has 5 nitrogen and oxygen atoms in total. The van der Waals surface area contributed by atoms with E-state index in [9.17, 15) is 4.79 Å². The van der Waals surface area contributed by atoms with Crippen molar-refractivity contribution in [2.24, 2.45) is 5.10 Å². The molecule has 1 amide bonds. The van der Waals surface area contributed by atoms with Gasteiger partial charge in [0.1, 0.15) is 17.9 Å². The summed E-state index contributed by atoms with van der Waals surface area (Å²) in [4.78, 5) is 12.3. The minimum Gasteiger partial charge on any atom is -0.489 e. The van der Waals surface area contributed by atoms with Crippen LogP contribution in [0.1, 0.15) is 21.7 Å². The second-order valence-corrected chi connectivity index (χ2v) is 5.39. The second-order valence-electron chi connectivity index (χ2n) is 5.39. The van der Waals surface area contributed by atoms with Gasteiger partial charge in [0.2, 0.25) is 0 Å². The smallest absolute Gasteiger partial charge is 0.307 e. The standard InChI is InChI=1S/C20H18N2O3/c1-3-12-24-17-10-6-4-8-15(17)13-21-22-20(23)19-14(2)16-9-5-7-11-18(16)25-19/h3-11,13H,1,12H2,2H3,(H,22,23)/b21-13-. The summed E-state index contributed by atoms with van der Waals surface area (Å²) in [5.74, 6) is 0.532. The maximum atomic E-state index is 12.3. The van der Waals surface area contributed by atoms with Crippen LogP contribution in [0, 0.1) is 6.92 Å². The molecule has 0 aliphatic rings. The van der Waals surface area contributed by atoms with Gasteiger partial charge in [-0.25, -0.2) is 5.43 Å². The van der Waals surface area contributed by atoms with E-state index >= 15 is 0 Å². The fourth-order valence-electron chi connectivity index (χ4n) is 2.47. The first-order valence-corrected chi connectivity index (χ1v) is 7.85. The summed E-state index contributed by atoms with van der Waals surface area (Å²) in [6.07, 6.45) is 3.20. The summed E-state index contributed by atoms with van der Waals surface area (Å²) < 4.78 is 11.2. The Morgan fingerprint density at radius 3 is 2.80 bits per heavy atom. The highest BCUT2D eigenvalue weighted by Crippen LogP contribution is 2.24. The van der Waals surface area contributed by atoms with E-state index in [0.717, 1.165) is 16.5 Å². The second kappa shape index (κ2) is 7.49. The minimum absolute atomic E-state index is 0.259. The van der Waals surface area contributed by atoms with Crippen LogP contribution in [0.25, 0.3) is 11.0 Å². The van der Waals surface area contributed by atoms with Crippen LogP contribution in [0.4, 0.5) is 0 Å². The van der Waals surface area contributed by atoms with Crippen molar-refractivity contribution in [2.45, 2.75) is 6.92 Å². The Morgan fingerprint density at radius 2 is 2.00 bits per heavy atom. The molecule has 0 fully saturated rings. The third-order valence-corrected chi connectivity index (χ3v) is 3.70. The van der Waals surface area contributed by atoms with Crippen molar-refractivity contribution in [3.05, 3.63) is 78.1 Å². The lowest BCUT2D eigenvalue weighted by Crippen LogP contribution is -2.17. The third-order valence-electron chi connectivity index (χ3n) is 3.70. The van der Waals surface area contributed by atoms with Crippen molar-refractivity contribution in [3.63, 3.8) is 0 Å². The van der Waals surface area contributed by atoms with Gasteiger partial charge in [-0.2, -0.15) is 5.10 Å². The van der Waals surface area contributed by atoms with Gasteiger partial charge in [0.05, 0.1) is 6.21 Å². The van der Waals surface area contributed by atoms with Gasteiger partial charge >= 0.3 is 5.91 Å². The van der Waals surface area contributed by atoms with Gasteiger partial charge in [0.15, 0.2) is 5.76 Å². The van der Waals surface area contributed by atoms with Crippen molar-refractivity contribution in [3.8, 4) is 5.75 Å². The molecule has 1 N–H and O–H groups in total. The van der Waals surface area contributed by atoms with Crippen molar-refractivity contribution in [2.75, 3.05) is 6.61 Å². The van der Waals surface area contributed by atoms with Crippen molar-refractivity contribution >= 4 is 23.1 Å². The van der Waals surface area contributed by atoms with Gasteiger partial charge in [-0.1, -0.05) is 43.0 Å². The first-order valence-electron chi connectivity index (χ1n) is 7.85. The van der Waals surface area contributed by atoms with E-state index in [4.69, 9.17) is 9.15 Å². The third kappa shape index (κ3) is 3.61. The van der Waals surface area contributed by atoms with E-state index in [1.54, 1.807) is 6.08 Å². The zero-order valence-corrected chi connectivity index (χ0v) is 13.9. The number of nitrogens with one attached hydrogen (secondary N) is 1. The number of ether oxygens (including phenoxy) is 1. The quantitative estimate of drug-likeness (QED) is 0.420. The van der Waals surface area contributed by atoms with Crippen LogP contribution in [0.5, 0.6) is 5.75 Å². The number of amides is 1. The molecule has 5 heteroatoms. The normalized spacial score (nSPS) is 10.9. The first kappa shape index (κ1) is 16.5. The van der Waals surface area contributed by atoms with Crippen LogP contribution < -0.4 is 10.2 Å². The molecular weight excluding hydrogens is 316 g/mol. The average Bonchev–Trinajstić information content (AvgIpc) is 2.98. The Labute approximate surface area is 145 Å². The Hall–Kier alpha value is -3.34. The molecule has 0 atom stereocenters. The molecule has 1 heterocycles. The number of hydrogen-bond donors (Lipinski definition) is 1.